The first-order chi connectivity index (χ1) is 17.2. The molecule has 168 valence electrons. The molecule has 9 nitrogen and oxygen atoms in total. The van der Waals surface area contributed by atoms with Crippen LogP contribution in [0.5, 0.6) is 0 Å². The summed E-state index contributed by atoms with van der Waals surface area (Å²) in [4.78, 5) is 20.8. The Bertz CT molecular complexity index is 1640. The van der Waals surface area contributed by atoms with Gasteiger partial charge in [0, 0.05) is 33.8 Å². The molecule has 0 unspecified atom stereocenters. The van der Waals surface area contributed by atoms with Crippen LogP contribution in [0.15, 0.2) is 88.4 Å². The maximum absolute atomic E-state index is 13.0. The first kappa shape index (κ1) is 20.4. The van der Waals surface area contributed by atoms with Gasteiger partial charge >= 0.3 is 6.01 Å². The molecule has 0 spiro atoms. The number of nitrogens with one attached hydrogen (secondary N) is 3. The lowest BCUT2D eigenvalue weighted by atomic mass is 10.0. The van der Waals surface area contributed by atoms with Crippen molar-refractivity contribution in [3.63, 3.8) is 0 Å². The van der Waals surface area contributed by atoms with Crippen LogP contribution in [0.3, 0.4) is 0 Å². The summed E-state index contributed by atoms with van der Waals surface area (Å²) < 4.78 is 5.80. The molecule has 35 heavy (non-hydrogen) atoms. The summed E-state index contributed by atoms with van der Waals surface area (Å²) in [5.41, 5.74) is 5.06. The average Bonchev–Trinajstić information content (AvgIpc) is 3.50. The fraction of sp³-hybridized carbons (Fsp3) is 0.0385. The van der Waals surface area contributed by atoms with Crippen molar-refractivity contribution < 1.29 is 9.21 Å². The normalized spacial score (nSPS) is 15.0. The largest absolute Gasteiger partial charge is 0.403 e. The van der Waals surface area contributed by atoms with Gasteiger partial charge in [0.1, 0.15) is 6.07 Å². The molecule has 0 bridgehead atoms. The van der Waals surface area contributed by atoms with Gasteiger partial charge in [-0.3, -0.25) is 4.79 Å². The molecule has 1 atom stereocenters. The molecule has 1 amide bonds. The maximum atomic E-state index is 13.0. The summed E-state index contributed by atoms with van der Waals surface area (Å²) in [5, 5.41) is 24.1. The summed E-state index contributed by atoms with van der Waals surface area (Å²) >= 11 is 0. The molecule has 3 aromatic carbocycles. The molecule has 0 radical (unpaired) electrons. The van der Waals surface area contributed by atoms with Crippen LogP contribution in [0, 0.1) is 11.3 Å². The van der Waals surface area contributed by atoms with Crippen molar-refractivity contribution in [3.05, 3.63) is 95.7 Å². The Morgan fingerprint density at radius 1 is 0.971 bits per heavy atom. The minimum Gasteiger partial charge on any atom is -0.403 e. The number of fused-ring (bicyclic) bond motifs is 2. The van der Waals surface area contributed by atoms with Gasteiger partial charge in [-0.1, -0.05) is 59.7 Å². The average molecular weight is 459 g/mol. The molecule has 3 N–H and O–H groups in total. The number of anilines is 2. The van der Waals surface area contributed by atoms with E-state index in [-0.39, 0.29) is 17.8 Å². The molecule has 1 aliphatic heterocycles. The summed E-state index contributed by atoms with van der Waals surface area (Å²) in [6.07, 6.45) is 0.662. The third-order valence-corrected chi connectivity index (χ3v) is 5.73. The van der Waals surface area contributed by atoms with Gasteiger partial charge in [0.2, 0.25) is 12.1 Å². The molecule has 0 saturated carbocycles. The number of para-hydroxylation sites is 1. The van der Waals surface area contributed by atoms with Gasteiger partial charge in [-0.05, 0) is 18.2 Å². The highest BCUT2D eigenvalue weighted by atomic mass is 16.4. The molecule has 1 aliphatic rings. The van der Waals surface area contributed by atoms with E-state index in [1.807, 2.05) is 66.7 Å². The summed E-state index contributed by atoms with van der Waals surface area (Å²) in [6, 6.07) is 24.9. The number of aromatic nitrogens is 3. The smallest absolute Gasteiger partial charge is 0.317 e. The number of benzodiazepines with no additional fused rings is 1. The fourth-order valence-corrected chi connectivity index (χ4v) is 4.05. The lowest BCUT2D eigenvalue weighted by Crippen LogP contribution is -2.32. The lowest BCUT2D eigenvalue weighted by molar-refractivity contribution is -0.116. The van der Waals surface area contributed by atoms with E-state index in [2.05, 4.69) is 31.9 Å². The molecule has 0 aliphatic carbocycles. The van der Waals surface area contributed by atoms with Crippen LogP contribution >= 0.6 is 0 Å². The molecule has 3 heterocycles. The van der Waals surface area contributed by atoms with Crippen LogP contribution in [-0.4, -0.2) is 33.0 Å². The van der Waals surface area contributed by atoms with E-state index in [0.29, 0.717) is 22.5 Å². The first-order valence-electron chi connectivity index (χ1n) is 10.8. The number of carbonyl (C=O) groups is 1. The first-order valence-corrected chi connectivity index (χ1v) is 10.8. The Hall–Kier alpha value is -5.23. The number of nitriles is 1. The fourth-order valence-electron chi connectivity index (χ4n) is 4.05. The van der Waals surface area contributed by atoms with Crippen LogP contribution in [0.2, 0.25) is 0 Å². The number of hydrogen-bond acceptors (Lipinski definition) is 7. The molecule has 6 rings (SSSR count). The Kier molecular flexibility index (Phi) is 4.82. The number of rotatable bonds is 4. The van der Waals surface area contributed by atoms with Crippen LogP contribution in [0.25, 0.3) is 22.4 Å². The van der Waals surface area contributed by atoms with Crippen molar-refractivity contribution in [2.45, 2.75) is 6.17 Å². The monoisotopic (exact) mass is 459 g/mol. The Morgan fingerprint density at radius 2 is 1.80 bits per heavy atom. The highest BCUT2D eigenvalue weighted by molar-refractivity contribution is 6.19. The zero-order valence-corrected chi connectivity index (χ0v) is 18.2. The van der Waals surface area contributed by atoms with E-state index in [4.69, 9.17) is 9.41 Å². The van der Waals surface area contributed by atoms with Crippen LogP contribution < -0.4 is 10.6 Å². The second kappa shape index (κ2) is 8.28. The van der Waals surface area contributed by atoms with E-state index in [0.717, 1.165) is 22.0 Å². The van der Waals surface area contributed by atoms with Crippen molar-refractivity contribution in [1.29, 1.82) is 5.26 Å². The van der Waals surface area contributed by atoms with Crippen LogP contribution in [0.1, 0.15) is 16.7 Å². The molecule has 5 aromatic rings. The summed E-state index contributed by atoms with van der Waals surface area (Å²) in [6.45, 7) is 0. The number of carbonyl (C=O) groups excluding carboxylic acids is 1. The number of benzene rings is 3. The summed E-state index contributed by atoms with van der Waals surface area (Å²) in [5.74, 6) is -0.0768. The second-order valence-corrected chi connectivity index (χ2v) is 7.91. The Morgan fingerprint density at radius 3 is 2.66 bits per heavy atom. The molecular formula is C26H17N7O2. The van der Waals surface area contributed by atoms with Crippen molar-refractivity contribution in [1.82, 2.24) is 15.2 Å². The van der Waals surface area contributed by atoms with Crippen molar-refractivity contribution in [2.24, 2.45) is 4.99 Å². The standard InChI is InChI=1S/C26H17N7O2/c27-13-17-14-28-21-12-16(10-11-18(17)21)25-32-33-26(35-25)31-23-24(34)29-20-9-5-4-8-19(20)22(30-23)15-6-2-1-3-7-15/h1-12,14,23,28H,(H,29,34)(H,31,33)/t23-/m1/s1. The van der Waals surface area contributed by atoms with Crippen molar-refractivity contribution in [2.75, 3.05) is 10.6 Å². The third-order valence-electron chi connectivity index (χ3n) is 5.73. The molecule has 0 fully saturated rings. The number of H-pyrrole nitrogens is 1. The SMILES string of the molecule is N#Cc1c[nH]c2cc(-c3nnc(N[C@H]4N=C(c5ccccc5)c5ccccc5NC4=O)o3)ccc12. The van der Waals surface area contributed by atoms with E-state index < -0.39 is 6.17 Å². The Labute approximate surface area is 199 Å². The maximum Gasteiger partial charge on any atom is 0.317 e. The third kappa shape index (κ3) is 3.69. The van der Waals surface area contributed by atoms with Crippen LogP contribution in [-0.2, 0) is 4.79 Å². The second-order valence-electron chi connectivity index (χ2n) is 7.91. The molecule has 2 aromatic heterocycles. The number of nitrogens with zero attached hydrogens (tertiary/aromatic N) is 4. The van der Waals surface area contributed by atoms with Crippen molar-refractivity contribution >= 4 is 34.2 Å². The molecule has 9 heteroatoms. The van der Waals surface area contributed by atoms with E-state index >= 15 is 0 Å². The zero-order valence-electron chi connectivity index (χ0n) is 18.2. The summed E-state index contributed by atoms with van der Waals surface area (Å²) in [7, 11) is 0. The topological polar surface area (TPSA) is 132 Å². The predicted octanol–water partition coefficient (Wildman–Crippen LogP) is 4.32. The van der Waals surface area contributed by atoms with E-state index in [9.17, 15) is 10.1 Å². The van der Waals surface area contributed by atoms with E-state index in [1.54, 1.807) is 12.3 Å². The number of aromatic amines is 1. The highest BCUT2D eigenvalue weighted by Gasteiger charge is 2.27. The molecular weight excluding hydrogens is 442 g/mol. The predicted molar refractivity (Wildman–Crippen MR) is 131 cm³/mol. The zero-order chi connectivity index (χ0) is 23.8. The number of amides is 1. The minimum absolute atomic E-state index is 0.0616. The van der Waals surface area contributed by atoms with Gasteiger partial charge in [0.25, 0.3) is 5.91 Å². The number of aliphatic imine (C=N–C) groups is 1. The van der Waals surface area contributed by atoms with Gasteiger partial charge in [0.15, 0.2) is 0 Å². The van der Waals surface area contributed by atoms with E-state index in [1.165, 1.54) is 0 Å². The van der Waals surface area contributed by atoms with Gasteiger partial charge in [-0.15, -0.1) is 5.10 Å². The minimum atomic E-state index is -0.991. The number of hydrogen-bond donors (Lipinski definition) is 3. The van der Waals surface area contributed by atoms with Gasteiger partial charge < -0.3 is 20.0 Å². The highest BCUT2D eigenvalue weighted by Crippen LogP contribution is 2.27. The van der Waals surface area contributed by atoms with Gasteiger partial charge in [-0.2, -0.15) is 5.26 Å². The molecule has 0 saturated heterocycles. The lowest BCUT2D eigenvalue weighted by Gasteiger charge is -2.11. The van der Waals surface area contributed by atoms with Gasteiger partial charge in [-0.25, -0.2) is 4.99 Å². The van der Waals surface area contributed by atoms with Gasteiger partial charge in [0.05, 0.1) is 17.0 Å². The quantitative estimate of drug-likeness (QED) is 0.367. The van der Waals surface area contributed by atoms with Crippen LogP contribution in [0.4, 0.5) is 11.7 Å². The van der Waals surface area contributed by atoms with Crippen molar-refractivity contribution in [3.8, 4) is 17.5 Å². The Balaban J connectivity index is 1.33.